The van der Waals surface area contributed by atoms with Gasteiger partial charge in [0.1, 0.15) is 29.8 Å². The van der Waals surface area contributed by atoms with E-state index in [1.54, 1.807) is 42.5 Å². The molecule has 3 aliphatic heterocycles. The minimum atomic E-state index is -0.798. The highest BCUT2D eigenvalue weighted by Gasteiger charge is 2.64. The zero-order valence-electron chi connectivity index (χ0n) is 29.9. The lowest BCUT2D eigenvalue weighted by Gasteiger charge is -2.63. The lowest BCUT2D eigenvalue weighted by molar-refractivity contribution is -0.164. The van der Waals surface area contributed by atoms with Crippen LogP contribution in [0.2, 0.25) is 5.02 Å². The van der Waals surface area contributed by atoms with Crippen LogP contribution in [0.25, 0.3) is 0 Å². The van der Waals surface area contributed by atoms with Gasteiger partial charge in [0, 0.05) is 78.8 Å². The van der Waals surface area contributed by atoms with Crippen molar-refractivity contribution in [3.8, 4) is 11.8 Å². The third kappa shape index (κ3) is 6.57. The summed E-state index contributed by atoms with van der Waals surface area (Å²) in [6, 6.07) is 12.7. The first kappa shape index (κ1) is 36.2. The van der Waals surface area contributed by atoms with Crippen molar-refractivity contribution >= 4 is 41.0 Å². The molecule has 7 rings (SSSR count). The van der Waals surface area contributed by atoms with Crippen LogP contribution in [0.5, 0.6) is 5.75 Å². The number of piperazine rings is 1. The Bertz CT molecular complexity index is 2030. The fraction of sp³-hybridized carbons (Fsp3) is 0.447. The van der Waals surface area contributed by atoms with Gasteiger partial charge >= 0.3 is 0 Å². The zero-order valence-corrected chi connectivity index (χ0v) is 30.7. The summed E-state index contributed by atoms with van der Waals surface area (Å²) in [5.41, 5.74) is 0.716. The highest BCUT2D eigenvalue weighted by atomic mass is 35.5. The van der Waals surface area contributed by atoms with E-state index in [4.69, 9.17) is 16.3 Å². The van der Waals surface area contributed by atoms with Gasteiger partial charge in [0.25, 0.3) is 11.8 Å². The van der Waals surface area contributed by atoms with Gasteiger partial charge in [-0.05, 0) is 36.8 Å². The molecule has 53 heavy (non-hydrogen) atoms. The fourth-order valence-corrected chi connectivity index (χ4v) is 8.78. The van der Waals surface area contributed by atoms with E-state index in [9.17, 15) is 24.4 Å². The lowest BCUT2D eigenvalue weighted by Crippen LogP contribution is -2.74. The number of carbonyl (C=O) groups is 4. The van der Waals surface area contributed by atoms with Crippen molar-refractivity contribution in [2.75, 3.05) is 31.1 Å². The summed E-state index contributed by atoms with van der Waals surface area (Å²) >= 11 is 6.22. The molecule has 3 aromatic rings. The maximum absolute atomic E-state index is 15.7. The number of aromatic nitrogens is 2. The summed E-state index contributed by atoms with van der Waals surface area (Å²) < 4.78 is 22.1. The number of benzene rings is 2. The number of rotatable bonds is 8. The van der Waals surface area contributed by atoms with Crippen LogP contribution in [0.3, 0.4) is 0 Å². The normalized spacial score (nSPS) is 23.5. The van der Waals surface area contributed by atoms with Crippen LogP contribution in [0.15, 0.2) is 42.5 Å². The van der Waals surface area contributed by atoms with Crippen LogP contribution in [-0.4, -0.2) is 88.0 Å². The Morgan fingerprint density at radius 1 is 1.06 bits per heavy atom. The summed E-state index contributed by atoms with van der Waals surface area (Å²) in [6.07, 6.45) is 0.113. The molecule has 0 spiro atoms. The quantitative estimate of drug-likeness (QED) is 0.325. The topological polar surface area (TPSA) is 161 Å². The van der Waals surface area contributed by atoms with Gasteiger partial charge in [-0.15, -0.1) is 10.2 Å². The third-order valence-corrected chi connectivity index (χ3v) is 11.4. The molecule has 3 fully saturated rings. The number of hydrogen-bond donors (Lipinski definition) is 2. The van der Waals surface area contributed by atoms with Gasteiger partial charge in [-0.1, -0.05) is 45.4 Å². The maximum atomic E-state index is 15.7. The molecule has 0 bridgehead atoms. The van der Waals surface area contributed by atoms with Crippen molar-refractivity contribution in [2.24, 2.45) is 10.8 Å². The molecule has 15 heteroatoms. The van der Waals surface area contributed by atoms with Gasteiger partial charge < -0.3 is 19.9 Å². The molecule has 1 aromatic heterocycles. The molecule has 2 saturated heterocycles. The smallest absolute Gasteiger partial charge is 0.272 e. The number of piperidine rings is 1. The van der Waals surface area contributed by atoms with Gasteiger partial charge in [0.2, 0.25) is 11.8 Å². The Labute approximate surface area is 311 Å². The Balaban J connectivity index is 0.922. The number of nitriles is 1. The van der Waals surface area contributed by atoms with Crippen LogP contribution in [-0.2, 0) is 22.7 Å². The van der Waals surface area contributed by atoms with Gasteiger partial charge in [-0.25, -0.2) is 4.39 Å². The summed E-state index contributed by atoms with van der Waals surface area (Å²) in [6.45, 7) is 11.0. The molecule has 4 amide bonds. The monoisotopic (exact) mass is 742 g/mol. The summed E-state index contributed by atoms with van der Waals surface area (Å²) in [5.74, 6) is -0.892. The highest BCUT2D eigenvalue weighted by molar-refractivity contribution is 6.31. The van der Waals surface area contributed by atoms with Crippen LogP contribution in [0.4, 0.5) is 10.2 Å². The maximum Gasteiger partial charge on any atom is 0.272 e. The van der Waals surface area contributed by atoms with E-state index in [2.05, 4.69) is 30.6 Å². The Morgan fingerprint density at radius 2 is 1.79 bits per heavy atom. The minimum Gasteiger partial charge on any atom is -0.489 e. The van der Waals surface area contributed by atoms with E-state index in [0.717, 1.165) is 0 Å². The minimum absolute atomic E-state index is 0.0126. The average molecular weight is 743 g/mol. The number of hydrogen-bond acceptors (Lipinski definition) is 10. The lowest BCUT2D eigenvalue weighted by atomic mass is 9.49. The second-order valence-corrected chi connectivity index (χ2v) is 15.7. The molecule has 2 N–H and O–H groups in total. The van der Waals surface area contributed by atoms with Crippen molar-refractivity contribution in [1.82, 2.24) is 30.6 Å². The van der Waals surface area contributed by atoms with E-state index in [1.165, 1.54) is 4.90 Å². The number of fused-ring (bicyclic) bond motifs is 1. The zero-order chi connectivity index (χ0) is 37.8. The van der Waals surface area contributed by atoms with Gasteiger partial charge in [0.05, 0.1) is 17.1 Å². The molecule has 1 aliphatic carbocycles. The second-order valence-electron chi connectivity index (χ2n) is 15.3. The van der Waals surface area contributed by atoms with Crippen LogP contribution in [0, 0.1) is 28.0 Å². The SMILES string of the molecule is CC1(C)[C@H](NC(=O)c2ccc(N3CCN(Cc4ccc5c(c4F)CN(C4CCC(=O)NC4=O)C5=O)CC3)nn2)C(C)(C)[C@H]1Oc1ccc(C#N)c(Cl)c1. The second kappa shape index (κ2) is 13.7. The first-order valence-corrected chi connectivity index (χ1v) is 18.0. The standard InChI is InChI=1S/C38H40ClFN8O5/c1-37(2)35(38(3,4)36(37)53-23-7-5-21(18-41)26(39)17-23)43-32(50)27-9-11-29(45-44-27)47-15-13-46(14-16-47)19-22-6-8-24-25(31(22)40)20-48(34(24)52)28-10-12-30(49)42-33(28)51/h5-9,11,17,28,35-36H,10,12-16,19-20H2,1-4H3,(H,43,50)(H,42,49,51)/t28?,35-,36-. The number of anilines is 1. The van der Waals surface area contributed by atoms with Gasteiger partial charge in [-0.3, -0.25) is 29.4 Å². The van der Waals surface area contributed by atoms with Crippen molar-refractivity contribution in [3.63, 3.8) is 0 Å². The molecule has 4 aliphatic rings. The van der Waals surface area contributed by atoms with Crippen LogP contribution >= 0.6 is 11.6 Å². The number of nitrogens with one attached hydrogen (secondary N) is 2. The highest BCUT2D eigenvalue weighted by Crippen LogP contribution is 2.55. The number of imide groups is 1. The summed E-state index contributed by atoms with van der Waals surface area (Å²) in [7, 11) is 0. The average Bonchev–Trinajstić information content (AvgIpc) is 3.47. The molecule has 276 valence electrons. The van der Waals surface area contributed by atoms with Crippen molar-refractivity contribution < 1.29 is 28.3 Å². The largest absolute Gasteiger partial charge is 0.489 e. The number of halogens is 2. The van der Waals surface area contributed by atoms with Crippen molar-refractivity contribution in [3.05, 3.63) is 81.3 Å². The molecule has 2 aromatic carbocycles. The van der Waals surface area contributed by atoms with Crippen LogP contribution in [0.1, 0.15) is 78.1 Å². The van der Waals surface area contributed by atoms with E-state index < -0.39 is 34.5 Å². The fourth-order valence-electron chi connectivity index (χ4n) is 8.57. The Kier molecular flexibility index (Phi) is 9.36. The molecule has 4 heterocycles. The molecular formula is C38H40ClFN8O5. The summed E-state index contributed by atoms with van der Waals surface area (Å²) in [5, 5.41) is 23.5. The summed E-state index contributed by atoms with van der Waals surface area (Å²) in [4.78, 5) is 55.9. The third-order valence-electron chi connectivity index (χ3n) is 11.1. The van der Waals surface area contributed by atoms with Gasteiger partial charge in [-0.2, -0.15) is 5.26 Å². The molecule has 0 radical (unpaired) electrons. The number of ether oxygens (including phenoxy) is 1. The Morgan fingerprint density at radius 3 is 2.43 bits per heavy atom. The molecule has 1 unspecified atom stereocenters. The molecule has 1 saturated carbocycles. The van der Waals surface area contributed by atoms with E-state index in [0.29, 0.717) is 60.4 Å². The van der Waals surface area contributed by atoms with Crippen molar-refractivity contribution in [2.45, 2.75) is 71.8 Å². The first-order valence-electron chi connectivity index (χ1n) is 17.6. The molecular weight excluding hydrogens is 703 g/mol. The number of amides is 4. The molecule has 13 nitrogen and oxygen atoms in total. The number of nitrogens with zero attached hydrogens (tertiary/aromatic N) is 6. The first-order chi connectivity index (χ1) is 25.2. The number of carbonyl (C=O) groups excluding carboxylic acids is 4. The molecule has 1 atom stereocenters. The van der Waals surface area contributed by atoms with Crippen LogP contribution < -0.4 is 20.3 Å². The predicted molar refractivity (Wildman–Crippen MR) is 191 cm³/mol. The predicted octanol–water partition coefficient (Wildman–Crippen LogP) is 3.84. The van der Waals surface area contributed by atoms with E-state index in [-0.39, 0.29) is 60.2 Å². The Hall–Kier alpha value is -5.13. The van der Waals surface area contributed by atoms with Crippen molar-refractivity contribution in [1.29, 1.82) is 5.26 Å². The van der Waals surface area contributed by atoms with E-state index in [1.807, 2.05) is 33.8 Å². The van der Waals surface area contributed by atoms with E-state index >= 15 is 4.39 Å². The van der Waals surface area contributed by atoms with Gasteiger partial charge in [0.15, 0.2) is 11.5 Å².